The Labute approximate surface area is 170 Å². The summed E-state index contributed by atoms with van der Waals surface area (Å²) in [4.78, 5) is 12.0. The van der Waals surface area contributed by atoms with Crippen molar-refractivity contribution in [2.45, 2.75) is 37.3 Å². The molecule has 29 heavy (non-hydrogen) atoms. The van der Waals surface area contributed by atoms with E-state index < -0.39 is 32.6 Å². The maximum absolute atomic E-state index is 12.9. The standard InChI is InChI=1S/C17H19F3N4O3S2/c1-2-14-22-23-16(28-14)21-15(25)11-6-8-24(9-7-11)29(26,27)13-5-3-4-12(10-13)17(18,19)20/h3-5,10-11H,2,6-9H2,1H3,(H,21,23,25). The Kier molecular flexibility index (Phi) is 6.24. The molecule has 2 heterocycles. The lowest BCUT2D eigenvalue weighted by Crippen LogP contribution is -2.41. The van der Waals surface area contributed by atoms with Crippen LogP contribution in [0.25, 0.3) is 0 Å². The predicted molar refractivity (Wildman–Crippen MR) is 101 cm³/mol. The third kappa shape index (κ3) is 4.93. The number of hydrogen-bond donors (Lipinski definition) is 1. The molecule has 1 aromatic carbocycles. The summed E-state index contributed by atoms with van der Waals surface area (Å²) >= 11 is 1.28. The van der Waals surface area contributed by atoms with Crippen molar-refractivity contribution in [3.63, 3.8) is 0 Å². The molecule has 158 valence electrons. The van der Waals surface area contributed by atoms with Crippen LogP contribution < -0.4 is 5.32 Å². The molecule has 0 atom stereocenters. The van der Waals surface area contributed by atoms with E-state index in [1.165, 1.54) is 11.3 Å². The molecular formula is C17H19F3N4O3S2. The summed E-state index contributed by atoms with van der Waals surface area (Å²) in [6.45, 7) is 2.02. The molecule has 1 saturated heterocycles. The van der Waals surface area contributed by atoms with Gasteiger partial charge in [-0.2, -0.15) is 17.5 Å². The molecule has 0 radical (unpaired) electrons. The normalized spacial score (nSPS) is 16.7. The van der Waals surface area contributed by atoms with Gasteiger partial charge in [0.2, 0.25) is 21.1 Å². The monoisotopic (exact) mass is 448 g/mol. The smallest absolute Gasteiger partial charge is 0.300 e. The van der Waals surface area contributed by atoms with Crippen LogP contribution in [0.4, 0.5) is 18.3 Å². The van der Waals surface area contributed by atoms with Gasteiger partial charge in [-0.15, -0.1) is 10.2 Å². The first-order valence-corrected chi connectivity index (χ1v) is 11.2. The number of nitrogens with one attached hydrogen (secondary N) is 1. The topological polar surface area (TPSA) is 92.3 Å². The molecule has 3 rings (SSSR count). The second kappa shape index (κ2) is 8.36. The SMILES string of the molecule is CCc1nnc(NC(=O)C2CCN(S(=O)(=O)c3cccc(C(F)(F)F)c3)CC2)s1. The van der Waals surface area contributed by atoms with Gasteiger partial charge in [-0.05, 0) is 37.5 Å². The average Bonchev–Trinajstić information content (AvgIpc) is 3.15. The zero-order chi connectivity index (χ0) is 21.2. The molecule has 0 bridgehead atoms. The number of benzene rings is 1. The summed E-state index contributed by atoms with van der Waals surface area (Å²) in [6, 6.07) is 3.68. The molecule has 12 heteroatoms. The number of amides is 1. The lowest BCUT2D eigenvalue weighted by molar-refractivity contribution is -0.137. The fourth-order valence-corrected chi connectivity index (χ4v) is 5.19. The molecule has 1 N–H and O–H groups in total. The van der Waals surface area contributed by atoms with Gasteiger partial charge < -0.3 is 5.32 Å². The van der Waals surface area contributed by atoms with E-state index in [1.807, 2.05) is 6.92 Å². The van der Waals surface area contributed by atoms with E-state index >= 15 is 0 Å². The highest BCUT2D eigenvalue weighted by Gasteiger charge is 2.35. The van der Waals surface area contributed by atoms with E-state index in [2.05, 4.69) is 15.5 Å². The van der Waals surface area contributed by atoms with Crippen molar-refractivity contribution < 1.29 is 26.4 Å². The number of carbonyl (C=O) groups is 1. The summed E-state index contributed by atoms with van der Waals surface area (Å²) in [5.41, 5.74) is -1.02. The van der Waals surface area contributed by atoms with Gasteiger partial charge in [0.05, 0.1) is 10.5 Å². The Morgan fingerprint density at radius 2 is 1.97 bits per heavy atom. The van der Waals surface area contributed by atoms with Crippen molar-refractivity contribution in [3.05, 3.63) is 34.8 Å². The number of carbonyl (C=O) groups excluding carboxylic acids is 1. The first-order chi connectivity index (χ1) is 13.6. The zero-order valence-electron chi connectivity index (χ0n) is 15.4. The molecule has 0 saturated carbocycles. The molecule has 1 fully saturated rings. The second-order valence-corrected chi connectivity index (χ2v) is 9.55. The molecule has 1 aromatic heterocycles. The number of nitrogens with zero attached hydrogens (tertiary/aromatic N) is 3. The third-order valence-corrected chi connectivity index (χ3v) is 7.50. The molecule has 1 aliphatic heterocycles. The Morgan fingerprint density at radius 1 is 1.28 bits per heavy atom. The van der Waals surface area contributed by atoms with Crippen LogP contribution in [0.3, 0.4) is 0 Å². The van der Waals surface area contributed by atoms with E-state index in [1.54, 1.807) is 0 Å². The lowest BCUT2D eigenvalue weighted by atomic mass is 9.97. The quantitative estimate of drug-likeness (QED) is 0.759. The molecule has 0 aliphatic carbocycles. The zero-order valence-corrected chi connectivity index (χ0v) is 17.1. The van der Waals surface area contributed by atoms with Gasteiger partial charge >= 0.3 is 6.18 Å². The Bertz CT molecular complexity index is 984. The largest absolute Gasteiger partial charge is 0.416 e. The number of piperidine rings is 1. The van der Waals surface area contributed by atoms with E-state index in [9.17, 15) is 26.4 Å². The molecule has 7 nitrogen and oxygen atoms in total. The third-order valence-electron chi connectivity index (χ3n) is 4.62. The van der Waals surface area contributed by atoms with Crippen molar-refractivity contribution in [1.82, 2.24) is 14.5 Å². The number of hydrogen-bond acceptors (Lipinski definition) is 6. The van der Waals surface area contributed by atoms with Gasteiger partial charge in [0.1, 0.15) is 5.01 Å². The van der Waals surface area contributed by atoms with E-state index in [0.717, 1.165) is 27.5 Å². The summed E-state index contributed by atoms with van der Waals surface area (Å²) in [5.74, 6) is -0.670. The number of sulfonamides is 1. The van der Waals surface area contributed by atoms with Crippen LogP contribution in [0.1, 0.15) is 30.3 Å². The fourth-order valence-electron chi connectivity index (χ4n) is 2.99. The number of alkyl halides is 3. The van der Waals surface area contributed by atoms with Crippen molar-refractivity contribution in [2.24, 2.45) is 5.92 Å². The van der Waals surface area contributed by atoms with Gasteiger partial charge in [-0.25, -0.2) is 8.42 Å². The van der Waals surface area contributed by atoms with E-state index in [-0.39, 0.29) is 31.8 Å². The molecule has 1 aliphatic rings. The summed E-state index contributed by atoms with van der Waals surface area (Å²) in [7, 11) is -4.07. The summed E-state index contributed by atoms with van der Waals surface area (Å²) < 4.78 is 65.2. The number of rotatable bonds is 5. The van der Waals surface area contributed by atoms with Crippen LogP contribution in [0.15, 0.2) is 29.2 Å². The molecule has 2 aromatic rings. The molecule has 0 unspecified atom stereocenters. The van der Waals surface area contributed by atoms with Gasteiger partial charge in [0.25, 0.3) is 0 Å². The Balaban J connectivity index is 1.64. The van der Waals surface area contributed by atoms with Gasteiger partial charge in [-0.1, -0.05) is 24.3 Å². The number of aromatic nitrogens is 2. The van der Waals surface area contributed by atoms with Gasteiger partial charge in [-0.3, -0.25) is 4.79 Å². The van der Waals surface area contributed by atoms with Crippen molar-refractivity contribution in [2.75, 3.05) is 18.4 Å². The van der Waals surface area contributed by atoms with Crippen LogP contribution in [0, 0.1) is 5.92 Å². The predicted octanol–water partition coefficient (Wildman–Crippen LogP) is 3.16. The van der Waals surface area contributed by atoms with Crippen LogP contribution >= 0.6 is 11.3 Å². The Morgan fingerprint density at radius 3 is 2.55 bits per heavy atom. The summed E-state index contributed by atoms with van der Waals surface area (Å²) in [6.07, 6.45) is -3.38. The lowest BCUT2D eigenvalue weighted by Gasteiger charge is -2.30. The van der Waals surface area contributed by atoms with Crippen LogP contribution in [0.5, 0.6) is 0 Å². The second-order valence-electron chi connectivity index (χ2n) is 6.55. The molecular weight excluding hydrogens is 429 g/mol. The first kappa shape index (κ1) is 21.7. The van der Waals surface area contributed by atoms with Crippen molar-refractivity contribution in [1.29, 1.82) is 0 Å². The average molecular weight is 448 g/mol. The minimum atomic E-state index is -4.63. The number of aryl methyl sites for hydroxylation is 1. The van der Waals surface area contributed by atoms with Gasteiger partial charge in [0.15, 0.2) is 0 Å². The van der Waals surface area contributed by atoms with Crippen LogP contribution in [-0.2, 0) is 27.4 Å². The highest BCUT2D eigenvalue weighted by Crippen LogP contribution is 2.32. The highest BCUT2D eigenvalue weighted by atomic mass is 32.2. The van der Waals surface area contributed by atoms with Gasteiger partial charge in [0, 0.05) is 19.0 Å². The number of halogens is 3. The van der Waals surface area contributed by atoms with Crippen molar-refractivity contribution >= 4 is 32.4 Å². The van der Waals surface area contributed by atoms with Crippen LogP contribution in [0.2, 0.25) is 0 Å². The Hall–Kier alpha value is -2.05. The maximum Gasteiger partial charge on any atom is 0.416 e. The van der Waals surface area contributed by atoms with E-state index in [4.69, 9.17) is 0 Å². The fraction of sp³-hybridized carbons (Fsp3) is 0.471. The highest BCUT2D eigenvalue weighted by molar-refractivity contribution is 7.89. The summed E-state index contributed by atoms with van der Waals surface area (Å²) in [5, 5.41) is 11.7. The van der Waals surface area contributed by atoms with Crippen LogP contribution in [-0.4, -0.2) is 41.9 Å². The first-order valence-electron chi connectivity index (χ1n) is 8.92. The maximum atomic E-state index is 12.9. The van der Waals surface area contributed by atoms with Crippen molar-refractivity contribution in [3.8, 4) is 0 Å². The minimum Gasteiger partial charge on any atom is -0.300 e. The molecule has 1 amide bonds. The van der Waals surface area contributed by atoms with E-state index in [0.29, 0.717) is 17.6 Å². The minimum absolute atomic E-state index is 0.0486. The molecule has 0 spiro atoms. The number of anilines is 1.